The van der Waals surface area contributed by atoms with Crippen LogP contribution in [0.25, 0.3) is 0 Å². The number of imide groups is 1. The van der Waals surface area contributed by atoms with E-state index in [2.05, 4.69) is 5.32 Å². The predicted octanol–water partition coefficient (Wildman–Crippen LogP) is 0.340. The third-order valence-corrected chi connectivity index (χ3v) is 2.81. The molecule has 0 heterocycles. The Balaban J connectivity index is 2.54. The van der Waals surface area contributed by atoms with Crippen LogP contribution in [0.15, 0.2) is 24.3 Å². The molecule has 1 aromatic carbocycles. The summed E-state index contributed by atoms with van der Waals surface area (Å²) >= 11 is 1.86. The third-order valence-electron chi connectivity index (χ3n) is 2.11. The second-order valence-electron chi connectivity index (χ2n) is 3.52. The van der Waals surface area contributed by atoms with Gasteiger partial charge in [-0.05, 0) is 24.1 Å². The Hall–Kier alpha value is -1.15. The molecule has 1 atom stereocenters. The molecule has 1 unspecified atom stereocenters. The number of amides is 2. The number of carbonyl (C=O) groups is 2. The van der Waals surface area contributed by atoms with Crippen molar-refractivity contribution in [2.45, 2.75) is 12.5 Å². The van der Waals surface area contributed by atoms with Gasteiger partial charge in [0.05, 0.1) is 10.5 Å². The smallest absolute Gasteiger partial charge is 0.243 e. The predicted molar refractivity (Wildman–Crippen MR) is 71.8 cm³/mol. The SMILES string of the molecule is NC(Cc1ccc(O)cc1)C(=O)NC(=O)CI. The topological polar surface area (TPSA) is 92.4 Å². The molecule has 0 saturated heterocycles. The monoisotopic (exact) mass is 348 g/mol. The number of nitrogens with two attached hydrogens (primary N) is 1. The van der Waals surface area contributed by atoms with E-state index in [-0.39, 0.29) is 16.1 Å². The summed E-state index contributed by atoms with van der Waals surface area (Å²) in [5.74, 6) is -0.677. The van der Waals surface area contributed by atoms with E-state index in [1.165, 1.54) is 12.1 Å². The van der Waals surface area contributed by atoms with Crippen LogP contribution in [-0.4, -0.2) is 27.4 Å². The van der Waals surface area contributed by atoms with Crippen LogP contribution in [0, 0.1) is 0 Å². The van der Waals surface area contributed by atoms with E-state index in [1.807, 2.05) is 22.6 Å². The lowest BCUT2D eigenvalue weighted by atomic mass is 10.1. The molecule has 5 nitrogen and oxygen atoms in total. The van der Waals surface area contributed by atoms with Gasteiger partial charge in [0.25, 0.3) is 0 Å². The molecule has 0 radical (unpaired) electrons. The van der Waals surface area contributed by atoms with Crippen LogP contribution in [0.3, 0.4) is 0 Å². The molecule has 0 fully saturated rings. The molecular weight excluding hydrogens is 335 g/mol. The number of benzene rings is 1. The highest BCUT2D eigenvalue weighted by Crippen LogP contribution is 2.10. The van der Waals surface area contributed by atoms with E-state index in [1.54, 1.807) is 12.1 Å². The minimum Gasteiger partial charge on any atom is -0.508 e. The Morgan fingerprint density at radius 2 is 1.94 bits per heavy atom. The normalized spacial score (nSPS) is 11.9. The molecule has 6 heteroatoms. The number of phenolic OH excluding ortho intramolecular Hbond substituents is 1. The van der Waals surface area contributed by atoms with E-state index in [0.29, 0.717) is 6.42 Å². The summed E-state index contributed by atoms with van der Waals surface area (Å²) in [4.78, 5) is 22.5. The Labute approximate surface area is 113 Å². The standard InChI is InChI=1S/C11H13IN2O3/c12-6-10(16)14-11(17)9(13)5-7-1-3-8(15)4-2-7/h1-4,9,15H,5-6,13H2,(H,14,16,17). The van der Waals surface area contributed by atoms with Crippen LogP contribution >= 0.6 is 22.6 Å². The molecule has 0 bridgehead atoms. The van der Waals surface area contributed by atoms with E-state index in [4.69, 9.17) is 10.8 Å². The van der Waals surface area contributed by atoms with Crippen LogP contribution in [-0.2, 0) is 16.0 Å². The largest absolute Gasteiger partial charge is 0.508 e. The number of phenols is 1. The summed E-state index contributed by atoms with van der Waals surface area (Å²) in [6.45, 7) is 0. The lowest BCUT2D eigenvalue weighted by Crippen LogP contribution is -2.44. The van der Waals surface area contributed by atoms with Gasteiger partial charge in [0.2, 0.25) is 11.8 Å². The van der Waals surface area contributed by atoms with Crippen LogP contribution in [0.2, 0.25) is 0 Å². The van der Waals surface area contributed by atoms with Crippen molar-refractivity contribution >= 4 is 34.4 Å². The van der Waals surface area contributed by atoms with Gasteiger partial charge in [-0.15, -0.1) is 0 Å². The highest BCUT2D eigenvalue weighted by atomic mass is 127. The Bertz CT molecular complexity index is 406. The molecule has 0 aliphatic rings. The van der Waals surface area contributed by atoms with Crippen LogP contribution < -0.4 is 11.1 Å². The molecule has 2 amide bonds. The average molecular weight is 348 g/mol. The first-order valence-corrected chi connectivity index (χ1v) is 6.48. The molecule has 17 heavy (non-hydrogen) atoms. The van der Waals surface area contributed by atoms with Gasteiger partial charge in [-0.1, -0.05) is 34.7 Å². The maximum atomic E-state index is 11.5. The summed E-state index contributed by atoms with van der Waals surface area (Å²) in [5, 5.41) is 11.3. The van der Waals surface area contributed by atoms with Crippen molar-refractivity contribution in [3.8, 4) is 5.75 Å². The van der Waals surface area contributed by atoms with E-state index in [0.717, 1.165) is 5.56 Å². The first-order chi connectivity index (χ1) is 8.02. The minimum absolute atomic E-state index is 0.159. The zero-order valence-corrected chi connectivity index (χ0v) is 11.2. The van der Waals surface area contributed by atoms with Gasteiger partial charge in [-0.25, -0.2) is 0 Å². The summed E-state index contributed by atoms with van der Waals surface area (Å²) in [6, 6.07) is 5.64. The number of nitrogens with one attached hydrogen (secondary N) is 1. The number of alkyl halides is 1. The van der Waals surface area contributed by atoms with E-state index in [9.17, 15) is 9.59 Å². The van der Waals surface area contributed by atoms with E-state index < -0.39 is 11.9 Å². The fraction of sp³-hybridized carbons (Fsp3) is 0.273. The molecule has 1 aromatic rings. The lowest BCUT2D eigenvalue weighted by molar-refractivity contribution is -0.129. The van der Waals surface area contributed by atoms with Crippen LogP contribution in [0.4, 0.5) is 0 Å². The van der Waals surface area contributed by atoms with Crippen molar-refractivity contribution in [3.63, 3.8) is 0 Å². The molecule has 0 spiro atoms. The molecule has 0 aliphatic heterocycles. The molecule has 92 valence electrons. The molecule has 0 aliphatic carbocycles. The van der Waals surface area contributed by atoms with Crippen LogP contribution in [0.1, 0.15) is 5.56 Å². The maximum absolute atomic E-state index is 11.5. The molecular formula is C11H13IN2O3. The van der Waals surface area contributed by atoms with Gasteiger partial charge >= 0.3 is 0 Å². The number of hydrogen-bond acceptors (Lipinski definition) is 4. The Kier molecular flexibility index (Phi) is 5.36. The summed E-state index contributed by atoms with van der Waals surface area (Å²) in [5.41, 5.74) is 6.49. The van der Waals surface area contributed by atoms with Gasteiger partial charge in [-0.3, -0.25) is 14.9 Å². The number of halogens is 1. The highest BCUT2D eigenvalue weighted by molar-refractivity contribution is 14.1. The van der Waals surface area contributed by atoms with Gasteiger partial charge in [0, 0.05) is 0 Å². The van der Waals surface area contributed by atoms with Crippen molar-refractivity contribution < 1.29 is 14.7 Å². The van der Waals surface area contributed by atoms with Gasteiger partial charge in [-0.2, -0.15) is 0 Å². The molecule has 4 N–H and O–H groups in total. The number of hydrogen-bond donors (Lipinski definition) is 3. The number of aromatic hydroxyl groups is 1. The number of carbonyl (C=O) groups excluding carboxylic acids is 2. The number of rotatable bonds is 4. The second kappa shape index (κ2) is 6.55. The van der Waals surface area contributed by atoms with Gasteiger partial charge in [0.15, 0.2) is 0 Å². The average Bonchev–Trinajstić information content (AvgIpc) is 2.31. The maximum Gasteiger partial charge on any atom is 0.243 e. The Morgan fingerprint density at radius 3 is 2.47 bits per heavy atom. The van der Waals surface area contributed by atoms with E-state index >= 15 is 0 Å². The van der Waals surface area contributed by atoms with Crippen molar-refractivity contribution in [2.75, 3.05) is 4.43 Å². The first kappa shape index (κ1) is 13.9. The fourth-order valence-electron chi connectivity index (χ4n) is 1.24. The molecule has 1 rings (SSSR count). The van der Waals surface area contributed by atoms with Crippen molar-refractivity contribution in [3.05, 3.63) is 29.8 Å². The van der Waals surface area contributed by atoms with Crippen molar-refractivity contribution in [2.24, 2.45) is 5.73 Å². The summed E-state index contributed by atoms with van der Waals surface area (Å²) in [6.07, 6.45) is 0.320. The first-order valence-electron chi connectivity index (χ1n) is 4.96. The summed E-state index contributed by atoms with van der Waals surface area (Å²) < 4.78 is 0.218. The quantitative estimate of drug-likeness (QED) is 0.541. The zero-order chi connectivity index (χ0) is 12.8. The minimum atomic E-state index is -0.772. The fourth-order valence-corrected chi connectivity index (χ4v) is 1.43. The van der Waals surface area contributed by atoms with Crippen molar-refractivity contribution in [1.29, 1.82) is 0 Å². The van der Waals surface area contributed by atoms with Gasteiger partial charge in [0.1, 0.15) is 5.75 Å². The lowest BCUT2D eigenvalue weighted by Gasteiger charge is -2.10. The second-order valence-corrected chi connectivity index (χ2v) is 4.29. The molecule has 0 saturated carbocycles. The zero-order valence-electron chi connectivity index (χ0n) is 9.02. The van der Waals surface area contributed by atoms with Crippen LogP contribution in [0.5, 0.6) is 5.75 Å². The Morgan fingerprint density at radius 1 is 1.35 bits per heavy atom. The van der Waals surface area contributed by atoms with Crippen molar-refractivity contribution in [1.82, 2.24) is 5.32 Å². The molecule has 0 aromatic heterocycles. The van der Waals surface area contributed by atoms with Gasteiger partial charge < -0.3 is 10.8 Å². The summed E-state index contributed by atoms with van der Waals surface area (Å²) in [7, 11) is 0. The highest BCUT2D eigenvalue weighted by Gasteiger charge is 2.16. The third kappa shape index (κ3) is 4.70.